The Balaban J connectivity index is 1.48. The van der Waals surface area contributed by atoms with E-state index in [1.54, 1.807) is 6.07 Å². The summed E-state index contributed by atoms with van der Waals surface area (Å²) in [5.74, 6) is 1.34. The SMILES string of the molecule is CC1C(NC(=O)c2ccc(-c3ccc(Cl)o3)s2)C2CCN1CC2. The molecule has 2 aromatic rings. The molecule has 122 valence electrons. The topological polar surface area (TPSA) is 45.5 Å². The maximum atomic E-state index is 12.6. The molecule has 4 nitrogen and oxygen atoms in total. The molecule has 3 aliphatic rings. The molecule has 1 amide bonds. The Bertz CT molecular complexity index is 716. The van der Waals surface area contributed by atoms with E-state index in [1.165, 1.54) is 37.3 Å². The molecule has 0 spiro atoms. The maximum Gasteiger partial charge on any atom is 0.261 e. The van der Waals surface area contributed by atoms with E-state index < -0.39 is 0 Å². The van der Waals surface area contributed by atoms with Crippen LogP contribution in [0.4, 0.5) is 0 Å². The Morgan fingerprint density at radius 1 is 1.30 bits per heavy atom. The Kier molecular flexibility index (Phi) is 3.95. The van der Waals surface area contributed by atoms with Gasteiger partial charge >= 0.3 is 0 Å². The van der Waals surface area contributed by atoms with Crippen LogP contribution in [0.25, 0.3) is 10.6 Å². The molecule has 0 aliphatic carbocycles. The smallest absolute Gasteiger partial charge is 0.261 e. The van der Waals surface area contributed by atoms with Gasteiger partial charge in [0.25, 0.3) is 5.91 Å². The van der Waals surface area contributed by atoms with E-state index in [1.807, 2.05) is 18.2 Å². The number of carbonyl (C=O) groups excluding carboxylic acids is 1. The molecule has 2 unspecified atom stereocenters. The summed E-state index contributed by atoms with van der Waals surface area (Å²) in [6.45, 7) is 4.56. The van der Waals surface area contributed by atoms with Gasteiger partial charge in [0.05, 0.1) is 9.75 Å². The van der Waals surface area contributed by atoms with Gasteiger partial charge in [-0.3, -0.25) is 9.69 Å². The van der Waals surface area contributed by atoms with E-state index in [4.69, 9.17) is 16.0 Å². The average molecular weight is 351 g/mol. The first-order valence-electron chi connectivity index (χ1n) is 8.02. The predicted molar refractivity (Wildman–Crippen MR) is 92.0 cm³/mol. The number of hydrogen-bond acceptors (Lipinski definition) is 4. The normalized spacial score (nSPS) is 29.7. The van der Waals surface area contributed by atoms with Gasteiger partial charge in [-0.25, -0.2) is 0 Å². The van der Waals surface area contributed by atoms with Crippen molar-refractivity contribution in [3.63, 3.8) is 0 Å². The lowest BCUT2D eigenvalue weighted by Crippen LogP contribution is -2.62. The molecule has 0 saturated carbocycles. The van der Waals surface area contributed by atoms with Gasteiger partial charge in [-0.05, 0) is 74.6 Å². The first kappa shape index (κ1) is 15.2. The largest absolute Gasteiger partial charge is 0.444 e. The molecule has 5 rings (SSSR count). The second-order valence-electron chi connectivity index (χ2n) is 6.38. The predicted octanol–water partition coefficient (Wildman–Crippen LogP) is 3.87. The summed E-state index contributed by atoms with van der Waals surface area (Å²) in [5.41, 5.74) is 0. The van der Waals surface area contributed by atoms with Crippen molar-refractivity contribution in [3.05, 3.63) is 34.4 Å². The lowest BCUT2D eigenvalue weighted by Gasteiger charge is -2.49. The Hall–Kier alpha value is -1.30. The first-order valence-corrected chi connectivity index (χ1v) is 9.22. The molecule has 3 fully saturated rings. The van der Waals surface area contributed by atoms with Gasteiger partial charge in [-0.1, -0.05) is 0 Å². The fourth-order valence-corrected chi connectivity index (χ4v) is 4.82. The minimum atomic E-state index is 0.0181. The average Bonchev–Trinajstić information content (AvgIpc) is 3.20. The zero-order valence-corrected chi connectivity index (χ0v) is 14.5. The Morgan fingerprint density at radius 3 is 2.74 bits per heavy atom. The summed E-state index contributed by atoms with van der Waals surface area (Å²) in [5, 5.41) is 3.62. The third-order valence-electron chi connectivity index (χ3n) is 5.12. The molecule has 2 bridgehead atoms. The number of furan rings is 1. The van der Waals surface area contributed by atoms with Crippen molar-refractivity contribution in [1.29, 1.82) is 0 Å². The number of thiophene rings is 1. The molecule has 5 heterocycles. The van der Waals surface area contributed by atoms with E-state index in [2.05, 4.69) is 17.1 Å². The van der Waals surface area contributed by atoms with E-state index in [0.29, 0.717) is 22.9 Å². The van der Waals surface area contributed by atoms with E-state index in [0.717, 1.165) is 9.75 Å². The molecule has 0 aromatic carbocycles. The van der Waals surface area contributed by atoms with Crippen molar-refractivity contribution in [3.8, 4) is 10.6 Å². The number of amides is 1. The van der Waals surface area contributed by atoms with Crippen LogP contribution in [0.3, 0.4) is 0 Å². The molecule has 3 aliphatic heterocycles. The van der Waals surface area contributed by atoms with Crippen molar-refractivity contribution in [2.45, 2.75) is 31.8 Å². The summed E-state index contributed by atoms with van der Waals surface area (Å²) >= 11 is 7.25. The Labute approximate surface area is 144 Å². The molecular formula is C17H19ClN2O2S. The fraction of sp³-hybridized carbons (Fsp3) is 0.471. The first-order chi connectivity index (χ1) is 11.1. The maximum absolute atomic E-state index is 12.6. The van der Waals surface area contributed by atoms with Gasteiger partial charge in [0.15, 0.2) is 5.22 Å². The summed E-state index contributed by atoms with van der Waals surface area (Å²) < 4.78 is 5.41. The molecule has 3 saturated heterocycles. The van der Waals surface area contributed by atoms with Gasteiger partial charge in [0.2, 0.25) is 0 Å². The van der Waals surface area contributed by atoms with Gasteiger partial charge in [0.1, 0.15) is 5.76 Å². The summed E-state index contributed by atoms with van der Waals surface area (Å²) in [4.78, 5) is 16.7. The zero-order valence-electron chi connectivity index (χ0n) is 12.9. The summed E-state index contributed by atoms with van der Waals surface area (Å²) in [6.07, 6.45) is 2.38. The molecule has 2 atom stereocenters. The van der Waals surface area contributed by atoms with Crippen LogP contribution in [0.1, 0.15) is 29.4 Å². The number of rotatable bonds is 3. The van der Waals surface area contributed by atoms with Gasteiger partial charge in [0, 0.05) is 12.1 Å². The number of piperidine rings is 3. The van der Waals surface area contributed by atoms with Crippen molar-refractivity contribution in [2.75, 3.05) is 13.1 Å². The van der Waals surface area contributed by atoms with Crippen molar-refractivity contribution in [2.24, 2.45) is 5.92 Å². The van der Waals surface area contributed by atoms with Crippen LogP contribution in [0, 0.1) is 5.92 Å². The molecular weight excluding hydrogens is 332 g/mol. The van der Waals surface area contributed by atoms with Crippen LogP contribution in [0.5, 0.6) is 0 Å². The van der Waals surface area contributed by atoms with Crippen LogP contribution in [0.2, 0.25) is 5.22 Å². The number of nitrogens with zero attached hydrogens (tertiary/aromatic N) is 1. The number of carbonyl (C=O) groups is 1. The van der Waals surface area contributed by atoms with Crippen LogP contribution in [0.15, 0.2) is 28.7 Å². The standard InChI is InChI=1S/C17H19ClN2O2S/c1-10-16(11-6-8-20(10)9-7-11)19-17(21)14-4-3-13(23-14)12-2-5-15(18)22-12/h2-5,10-11,16H,6-9H2,1H3,(H,19,21). The van der Waals surface area contributed by atoms with Crippen LogP contribution < -0.4 is 5.32 Å². The van der Waals surface area contributed by atoms with Crippen molar-refractivity contribution >= 4 is 28.8 Å². The highest BCUT2D eigenvalue weighted by atomic mass is 35.5. The molecule has 2 aromatic heterocycles. The minimum Gasteiger partial charge on any atom is -0.444 e. The Morgan fingerprint density at radius 2 is 2.09 bits per heavy atom. The lowest BCUT2D eigenvalue weighted by molar-refractivity contribution is 0.0218. The van der Waals surface area contributed by atoms with Crippen molar-refractivity contribution < 1.29 is 9.21 Å². The van der Waals surface area contributed by atoms with E-state index >= 15 is 0 Å². The fourth-order valence-electron chi connectivity index (χ4n) is 3.81. The second-order valence-corrected chi connectivity index (χ2v) is 7.84. The highest BCUT2D eigenvalue weighted by molar-refractivity contribution is 7.17. The molecule has 6 heteroatoms. The number of halogens is 1. The number of hydrogen-bond donors (Lipinski definition) is 1. The van der Waals surface area contributed by atoms with Crippen LogP contribution >= 0.6 is 22.9 Å². The minimum absolute atomic E-state index is 0.0181. The summed E-state index contributed by atoms with van der Waals surface area (Å²) in [6, 6.07) is 7.99. The van der Waals surface area contributed by atoms with Gasteiger partial charge in [-0.15, -0.1) is 11.3 Å². The third-order valence-corrected chi connectivity index (χ3v) is 6.42. The highest BCUT2D eigenvalue weighted by Gasteiger charge is 2.40. The summed E-state index contributed by atoms with van der Waals surface area (Å²) in [7, 11) is 0. The number of fused-ring (bicyclic) bond motifs is 3. The molecule has 1 N–H and O–H groups in total. The van der Waals surface area contributed by atoms with Crippen molar-refractivity contribution in [1.82, 2.24) is 10.2 Å². The zero-order chi connectivity index (χ0) is 16.0. The molecule has 23 heavy (non-hydrogen) atoms. The number of nitrogens with one attached hydrogen (secondary N) is 1. The molecule has 0 radical (unpaired) electrons. The third kappa shape index (κ3) is 2.82. The van der Waals surface area contributed by atoms with Gasteiger partial charge < -0.3 is 9.73 Å². The van der Waals surface area contributed by atoms with Crippen LogP contribution in [-0.2, 0) is 0 Å². The van der Waals surface area contributed by atoms with Crippen LogP contribution in [-0.4, -0.2) is 36.0 Å². The van der Waals surface area contributed by atoms with Gasteiger partial charge in [-0.2, -0.15) is 0 Å². The monoisotopic (exact) mass is 350 g/mol. The second kappa shape index (κ2) is 5.96. The highest BCUT2D eigenvalue weighted by Crippen LogP contribution is 2.34. The lowest BCUT2D eigenvalue weighted by atomic mass is 9.79. The quantitative estimate of drug-likeness (QED) is 0.913. The van der Waals surface area contributed by atoms with E-state index in [9.17, 15) is 4.79 Å². The van der Waals surface area contributed by atoms with E-state index in [-0.39, 0.29) is 11.9 Å².